The molecule has 0 atom stereocenters. The molecule has 1 heterocycles. The Morgan fingerprint density at radius 3 is 2.93 bits per heavy atom. The lowest BCUT2D eigenvalue weighted by Gasteiger charge is -2.02. The number of imidazole rings is 1. The van der Waals surface area contributed by atoms with Gasteiger partial charge in [-0.2, -0.15) is 0 Å². The van der Waals surface area contributed by atoms with Crippen molar-refractivity contribution in [3.63, 3.8) is 0 Å². The molecule has 1 aromatic carbocycles. The fraction of sp³-hybridized carbons (Fsp3) is 0.200. The van der Waals surface area contributed by atoms with Crippen LogP contribution in [0.5, 0.6) is 0 Å². The minimum Gasteiger partial charge on any atom is -0.399 e. The Bertz CT molecular complexity index is 529. The average molecular weight is 204 g/mol. The van der Waals surface area contributed by atoms with E-state index in [1.54, 1.807) is 16.7 Å². The Labute approximate surface area is 86.7 Å². The van der Waals surface area contributed by atoms with Crippen LogP contribution in [0.15, 0.2) is 18.2 Å². The summed E-state index contributed by atoms with van der Waals surface area (Å²) in [7, 11) is 0. The van der Waals surface area contributed by atoms with Crippen molar-refractivity contribution >= 4 is 22.6 Å². The third-order valence-electron chi connectivity index (χ3n) is 2.28. The fourth-order valence-corrected chi connectivity index (χ4v) is 1.62. The highest BCUT2D eigenvalue weighted by Gasteiger charge is 2.08. The lowest BCUT2D eigenvalue weighted by Crippen LogP contribution is -2.19. The van der Waals surface area contributed by atoms with Crippen LogP contribution in [-0.2, 0) is 11.3 Å². The van der Waals surface area contributed by atoms with Crippen LogP contribution in [0.1, 0.15) is 5.82 Å². The van der Waals surface area contributed by atoms with E-state index in [-0.39, 0.29) is 12.5 Å². The van der Waals surface area contributed by atoms with Crippen LogP contribution in [0.25, 0.3) is 11.0 Å². The summed E-state index contributed by atoms with van der Waals surface area (Å²) in [4.78, 5) is 15.2. The first-order chi connectivity index (χ1) is 7.08. The van der Waals surface area contributed by atoms with Crippen molar-refractivity contribution in [1.82, 2.24) is 9.55 Å². The maximum Gasteiger partial charge on any atom is 0.237 e. The van der Waals surface area contributed by atoms with Crippen molar-refractivity contribution in [3.8, 4) is 0 Å². The van der Waals surface area contributed by atoms with E-state index in [1.165, 1.54) is 0 Å². The fourth-order valence-electron chi connectivity index (χ4n) is 1.62. The molecule has 1 amide bonds. The summed E-state index contributed by atoms with van der Waals surface area (Å²) in [6.07, 6.45) is 0. The van der Waals surface area contributed by atoms with E-state index in [9.17, 15) is 4.79 Å². The molecule has 0 saturated carbocycles. The van der Waals surface area contributed by atoms with Gasteiger partial charge in [-0.25, -0.2) is 4.98 Å². The highest BCUT2D eigenvalue weighted by molar-refractivity contribution is 5.82. The van der Waals surface area contributed by atoms with Gasteiger partial charge in [-0.3, -0.25) is 4.79 Å². The van der Waals surface area contributed by atoms with E-state index in [1.807, 2.05) is 13.0 Å². The number of nitrogens with two attached hydrogens (primary N) is 2. The number of carbonyl (C=O) groups excluding carboxylic acids is 1. The van der Waals surface area contributed by atoms with Gasteiger partial charge < -0.3 is 16.0 Å². The van der Waals surface area contributed by atoms with Gasteiger partial charge in [0.05, 0.1) is 11.0 Å². The molecule has 0 aliphatic carbocycles. The van der Waals surface area contributed by atoms with Crippen LogP contribution in [0, 0.1) is 6.92 Å². The maximum absolute atomic E-state index is 10.9. The van der Waals surface area contributed by atoms with E-state index in [0.717, 1.165) is 16.9 Å². The average Bonchev–Trinajstić information content (AvgIpc) is 2.41. The molecule has 5 nitrogen and oxygen atoms in total. The maximum atomic E-state index is 10.9. The van der Waals surface area contributed by atoms with Crippen LogP contribution in [0.2, 0.25) is 0 Å². The Balaban J connectivity index is 2.63. The number of benzene rings is 1. The lowest BCUT2D eigenvalue weighted by molar-refractivity contribution is -0.118. The van der Waals surface area contributed by atoms with Crippen molar-refractivity contribution < 1.29 is 4.79 Å². The summed E-state index contributed by atoms with van der Waals surface area (Å²) >= 11 is 0. The molecule has 2 rings (SSSR count). The molecule has 0 saturated heterocycles. The largest absolute Gasteiger partial charge is 0.399 e. The normalized spacial score (nSPS) is 10.7. The van der Waals surface area contributed by atoms with Crippen LogP contribution in [0.4, 0.5) is 5.69 Å². The summed E-state index contributed by atoms with van der Waals surface area (Å²) in [5.74, 6) is 0.378. The minimum absolute atomic E-state index is 0.145. The number of primary amides is 1. The molecule has 5 heteroatoms. The Morgan fingerprint density at radius 1 is 1.53 bits per heavy atom. The number of rotatable bonds is 2. The number of nitrogen functional groups attached to an aromatic ring is 1. The van der Waals surface area contributed by atoms with Crippen LogP contribution >= 0.6 is 0 Å². The van der Waals surface area contributed by atoms with E-state index in [4.69, 9.17) is 11.5 Å². The van der Waals surface area contributed by atoms with Crippen LogP contribution in [0.3, 0.4) is 0 Å². The number of hydrogen-bond donors (Lipinski definition) is 2. The van der Waals surface area contributed by atoms with Crippen LogP contribution in [-0.4, -0.2) is 15.5 Å². The number of hydrogen-bond acceptors (Lipinski definition) is 3. The molecule has 0 spiro atoms. The number of amides is 1. The summed E-state index contributed by atoms with van der Waals surface area (Å²) in [6, 6.07) is 5.40. The van der Waals surface area contributed by atoms with Gasteiger partial charge in [-0.15, -0.1) is 0 Å². The topological polar surface area (TPSA) is 86.9 Å². The molecule has 2 aromatic rings. The molecule has 0 aliphatic heterocycles. The number of anilines is 1. The second-order valence-corrected chi connectivity index (χ2v) is 3.46. The van der Waals surface area contributed by atoms with Crippen molar-refractivity contribution in [1.29, 1.82) is 0 Å². The number of aromatic nitrogens is 2. The second-order valence-electron chi connectivity index (χ2n) is 3.46. The number of carbonyl (C=O) groups is 1. The molecule has 15 heavy (non-hydrogen) atoms. The van der Waals surface area contributed by atoms with Crippen molar-refractivity contribution in [2.24, 2.45) is 5.73 Å². The van der Waals surface area contributed by atoms with Gasteiger partial charge in [-0.1, -0.05) is 0 Å². The zero-order valence-corrected chi connectivity index (χ0v) is 8.40. The quantitative estimate of drug-likeness (QED) is 0.694. The third kappa shape index (κ3) is 1.63. The molecule has 0 radical (unpaired) electrons. The van der Waals surface area contributed by atoms with Gasteiger partial charge >= 0.3 is 0 Å². The van der Waals surface area contributed by atoms with E-state index in [0.29, 0.717) is 5.69 Å². The molecule has 1 aromatic heterocycles. The predicted octanol–water partition coefficient (Wildman–Crippen LogP) is 0.412. The van der Waals surface area contributed by atoms with Gasteiger partial charge in [-0.05, 0) is 25.1 Å². The Hall–Kier alpha value is -2.04. The highest BCUT2D eigenvalue weighted by Crippen LogP contribution is 2.18. The van der Waals surface area contributed by atoms with Gasteiger partial charge in [0, 0.05) is 5.69 Å². The van der Waals surface area contributed by atoms with Crippen LogP contribution < -0.4 is 11.5 Å². The van der Waals surface area contributed by atoms with E-state index >= 15 is 0 Å². The second kappa shape index (κ2) is 3.27. The monoisotopic (exact) mass is 204 g/mol. The van der Waals surface area contributed by atoms with Gasteiger partial charge in [0.15, 0.2) is 0 Å². The predicted molar refractivity (Wildman–Crippen MR) is 58.1 cm³/mol. The number of nitrogens with zero attached hydrogens (tertiary/aromatic N) is 2. The summed E-state index contributed by atoms with van der Waals surface area (Å²) in [6.45, 7) is 1.98. The Kier molecular flexibility index (Phi) is 2.07. The molecule has 78 valence electrons. The zero-order chi connectivity index (χ0) is 11.0. The summed E-state index contributed by atoms with van der Waals surface area (Å²) < 4.78 is 1.77. The first-order valence-electron chi connectivity index (χ1n) is 4.58. The molecular formula is C10H12N4O. The highest BCUT2D eigenvalue weighted by atomic mass is 16.1. The zero-order valence-electron chi connectivity index (χ0n) is 8.40. The molecule has 0 fully saturated rings. The standard InChI is InChI=1S/C10H12N4O/c1-6-13-8-4-7(11)2-3-9(8)14(6)5-10(12)15/h2-4H,5,11H2,1H3,(H2,12,15). The third-order valence-corrected chi connectivity index (χ3v) is 2.28. The Morgan fingerprint density at radius 2 is 2.27 bits per heavy atom. The summed E-state index contributed by atoms with van der Waals surface area (Å²) in [5.41, 5.74) is 13.1. The molecule has 0 unspecified atom stereocenters. The molecule has 0 aliphatic rings. The van der Waals surface area contributed by atoms with Gasteiger partial charge in [0.25, 0.3) is 0 Å². The van der Waals surface area contributed by atoms with Crippen molar-refractivity contribution in [3.05, 3.63) is 24.0 Å². The lowest BCUT2D eigenvalue weighted by atomic mass is 10.3. The van der Waals surface area contributed by atoms with E-state index in [2.05, 4.69) is 4.98 Å². The first-order valence-corrected chi connectivity index (χ1v) is 4.58. The first kappa shape index (κ1) is 9.51. The number of aryl methyl sites for hydroxylation is 1. The minimum atomic E-state index is -0.380. The molecule has 0 bridgehead atoms. The smallest absolute Gasteiger partial charge is 0.237 e. The SMILES string of the molecule is Cc1nc2cc(N)ccc2n1CC(N)=O. The molecular weight excluding hydrogens is 192 g/mol. The molecule has 4 N–H and O–H groups in total. The van der Waals surface area contributed by atoms with E-state index < -0.39 is 0 Å². The van der Waals surface area contributed by atoms with Crippen molar-refractivity contribution in [2.45, 2.75) is 13.5 Å². The van der Waals surface area contributed by atoms with Gasteiger partial charge in [0.2, 0.25) is 5.91 Å². The van der Waals surface area contributed by atoms with Crippen molar-refractivity contribution in [2.75, 3.05) is 5.73 Å². The number of fused-ring (bicyclic) bond motifs is 1. The summed E-state index contributed by atoms with van der Waals surface area (Å²) in [5, 5.41) is 0. The van der Waals surface area contributed by atoms with Gasteiger partial charge in [0.1, 0.15) is 12.4 Å².